The van der Waals surface area contributed by atoms with Crippen LogP contribution in [0.1, 0.15) is 57.6 Å². The molecule has 0 bridgehead atoms. The van der Waals surface area contributed by atoms with Gasteiger partial charge in [-0.05, 0) is 86.8 Å². The van der Waals surface area contributed by atoms with Crippen LogP contribution in [0, 0.1) is 0 Å². The lowest BCUT2D eigenvalue weighted by Crippen LogP contribution is -2.54. The van der Waals surface area contributed by atoms with Crippen molar-refractivity contribution in [3.05, 3.63) is 53.1 Å². The van der Waals surface area contributed by atoms with Gasteiger partial charge in [0.2, 0.25) is 0 Å². The quantitative estimate of drug-likeness (QED) is 0.336. The summed E-state index contributed by atoms with van der Waals surface area (Å²) in [7, 11) is 3.18. The Morgan fingerprint density at radius 1 is 1.14 bits per heavy atom. The largest absolute Gasteiger partial charge is 0.497 e. The van der Waals surface area contributed by atoms with Crippen LogP contribution in [0.3, 0.4) is 0 Å². The predicted molar refractivity (Wildman–Crippen MR) is 147 cm³/mol. The van der Waals surface area contributed by atoms with E-state index in [2.05, 4.69) is 44.0 Å². The van der Waals surface area contributed by atoms with Crippen LogP contribution < -0.4 is 24.6 Å². The van der Waals surface area contributed by atoms with E-state index in [1.54, 1.807) is 44.6 Å². The first-order valence-electron chi connectivity index (χ1n) is 12.2. The van der Waals surface area contributed by atoms with E-state index >= 15 is 0 Å². The molecule has 2 aromatic carbocycles. The molecule has 4 rings (SSSR count). The Morgan fingerprint density at radius 2 is 1.83 bits per heavy atom. The Morgan fingerprint density at radius 3 is 2.44 bits per heavy atom. The first-order chi connectivity index (χ1) is 17.1. The highest BCUT2D eigenvalue weighted by molar-refractivity contribution is 7.80. The van der Waals surface area contributed by atoms with Gasteiger partial charge in [0.1, 0.15) is 17.1 Å². The van der Waals surface area contributed by atoms with Crippen molar-refractivity contribution < 1.29 is 19.1 Å². The Balaban J connectivity index is 1.78. The van der Waals surface area contributed by atoms with Crippen molar-refractivity contribution in [3.8, 4) is 11.5 Å². The SMILES string of the molecule is CCCN1c2cc(OC)c(/C=C3/C(=O)NC(=S)N(c4ccc(OC)cc4)C3=O)cc2C(C)CC1(C)C. The second kappa shape index (κ2) is 9.93. The lowest BCUT2D eigenvalue weighted by Gasteiger charge is -2.48. The highest BCUT2D eigenvalue weighted by Gasteiger charge is 2.38. The third-order valence-corrected chi connectivity index (χ3v) is 7.20. The molecule has 0 saturated carbocycles. The third-order valence-electron chi connectivity index (χ3n) is 6.92. The number of nitrogens with one attached hydrogen (secondary N) is 1. The number of fused-ring (bicyclic) bond motifs is 1. The number of amides is 2. The van der Waals surface area contributed by atoms with Crippen LogP contribution >= 0.6 is 12.2 Å². The topological polar surface area (TPSA) is 71.1 Å². The summed E-state index contributed by atoms with van der Waals surface area (Å²) in [6.07, 6.45) is 3.63. The van der Waals surface area contributed by atoms with Gasteiger partial charge in [0.25, 0.3) is 11.8 Å². The first-order valence-corrected chi connectivity index (χ1v) is 12.6. The molecule has 1 N–H and O–H groups in total. The summed E-state index contributed by atoms with van der Waals surface area (Å²) < 4.78 is 11.0. The monoisotopic (exact) mass is 507 g/mol. The van der Waals surface area contributed by atoms with Crippen LogP contribution in [0.5, 0.6) is 11.5 Å². The Bertz CT molecular complexity index is 1240. The molecule has 2 amide bonds. The van der Waals surface area contributed by atoms with Crippen molar-refractivity contribution in [2.24, 2.45) is 0 Å². The summed E-state index contributed by atoms with van der Waals surface area (Å²) in [5, 5.41) is 2.69. The fraction of sp³-hybridized carbons (Fsp3) is 0.393. The number of rotatable bonds is 6. The molecule has 7 nitrogen and oxygen atoms in total. The highest BCUT2D eigenvalue weighted by Crippen LogP contribution is 2.46. The van der Waals surface area contributed by atoms with E-state index in [1.165, 1.54) is 10.5 Å². The number of benzene rings is 2. The average molecular weight is 508 g/mol. The van der Waals surface area contributed by atoms with E-state index in [0.717, 1.165) is 25.1 Å². The molecule has 0 aliphatic carbocycles. The second-order valence-corrected chi connectivity index (χ2v) is 10.3. The molecule has 8 heteroatoms. The highest BCUT2D eigenvalue weighted by atomic mass is 32.1. The molecule has 2 aliphatic rings. The molecule has 0 aromatic heterocycles. The minimum absolute atomic E-state index is 0.00752. The zero-order valence-corrected chi connectivity index (χ0v) is 22.5. The molecule has 1 fully saturated rings. The van der Waals surface area contributed by atoms with Gasteiger partial charge in [0, 0.05) is 29.4 Å². The molecular formula is C28H33N3O4S. The van der Waals surface area contributed by atoms with Gasteiger partial charge in [-0.1, -0.05) is 13.8 Å². The predicted octanol–water partition coefficient (Wildman–Crippen LogP) is 5.04. The van der Waals surface area contributed by atoms with Gasteiger partial charge in [0.05, 0.1) is 19.9 Å². The molecule has 2 heterocycles. The van der Waals surface area contributed by atoms with E-state index in [0.29, 0.717) is 28.7 Å². The fourth-order valence-corrected chi connectivity index (χ4v) is 5.52. The second-order valence-electron chi connectivity index (χ2n) is 9.88. The molecule has 1 saturated heterocycles. The van der Waals surface area contributed by atoms with Gasteiger partial charge in [-0.3, -0.25) is 19.8 Å². The Labute approximate surface area is 218 Å². The van der Waals surface area contributed by atoms with Crippen LogP contribution in [0.2, 0.25) is 0 Å². The summed E-state index contributed by atoms with van der Waals surface area (Å²) in [5.74, 6) is 0.552. The number of anilines is 2. The van der Waals surface area contributed by atoms with Gasteiger partial charge in [-0.25, -0.2) is 0 Å². The number of thiocarbonyl (C=S) groups is 1. The summed E-state index contributed by atoms with van der Waals surface area (Å²) in [6.45, 7) is 9.87. The van der Waals surface area contributed by atoms with Gasteiger partial charge < -0.3 is 14.4 Å². The zero-order chi connectivity index (χ0) is 26.2. The maximum atomic E-state index is 13.5. The standard InChI is InChI=1S/C28H33N3O4S/c1-7-12-30-23-15-24(35-6)18(13-21(23)17(2)16-28(30,3)4)14-22-25(32)29-27(36)31(26(22)33)19-8-10-20(34-5)11-9-19/h8-11,13-15,17H,7,12,16H2,1-6H3,(H,29,32,36)/b22-14-. The van der Waals surface area contributed by atoms with Gasteiger partial charge in [-0.2, -0.15) is 0 Å². The van der Waals surface area contributed by atoms with Crippen LogP contribution in [0.15, 0.2) is 42.0 Å². The van der Waals surface area contributed by atoms with Crippen LogP contribution in [0.25, 0.3) is 6.08 Å². The van der Waals surface area contributed by atoms with Crippen molar-refractivity contribution >= 4 is 46.6 Å². The fourth-order valence-electron chi connectivity index (χ4n) is 5.24. The number of carbonyl (C=O) groups excluding carboxylic acids is 2. The molecule has 0 radical (unpaired) electrons. The van der Waals surface area contributed by atoms with E-state index in [9.17, 15) is 9.59 Å². The third kappa shape index (κ3) is 4.57. The number of methoxy groups -OCH3 is 2. The van der Waals surface area contributed by atoms with Crippen LogP contribution in [-0.4, -0.2) is 43.2 Å². The minimum Gasteiger partial charge on any atom is -0.497 e. The number of nitrogens with zero attached hydrogens (tertiary/aromatic N) is 2. The molecule has 36 heavy (non-hydrogen) atoms. The van der Waals surface area contributed by atoms with Crippen molar-refractivity contribution in [1.82, 2.24) is 5.32 Å². The van der Waals surface area contributed by atoms with Gasteiger partial charge in [0.15, 0.2) is 5.11 Å². The lowest BCUT2D eigenvalue weighted by atomic mass is 9.79. The maximum Gasteiger partial charge on any atom is 0.270 e. The summed E-state index contributed by atoms with van der Waals surface area (Å²) in [6, 6.07) is 11.0. The lowest BCUT2D eigenvalue weighted by molar-refractivity contribution is -0.122. The Hall–Kier alpha value is -3.39. The van der Waals surface area contributed by atoms with E-state index in [-0.39, 0.29) is 16.2 Å². The van der Waals surface area contributed by atoms with E-state index in [4.69, 9.17) is 21.7 Å². The maximum absolute atomic E-state index is 13.5. The smallest absolute Gasteiger partial charge is 0.270 e. The van der Waals surface area contributed by atoms with Gasteiger partial charge >= 0.3 is 0 Å². The van der Waals surface area contributed by atoms with Crippen molar-refractivity contribution in [2.75, 3.05) is 30.6 Å². The van der Waals surface area contributed by atoms with Gasteiger partial charge in [-0.15, -0.1) is 0 Å². The van der Waals surface area contributed by atoms with Crippen LogP contribution in [0.4, 0.5) is 11.4 Å². The Kier molecular flexibility index (Phi) is 7.09. The van der Waals surface area contributed by atoms with E-state index in [1.807, 2.05) is 6.07 Å². The summed E-state index contributed by atoms with van der Waals surface area (Å²) >= 11 is 5.33. The number of ether oxygens (including phenoxy) is 2. The number of hydrogen-bond donors (Lipinski definition) is 1. The molecule has 0 spiro atoms. The number of carbonyl (C=O) groups is 2. The summed E-state index contributed by atoms with van der Waals surface area (Å²) in [4.78, 5) is 30.2. The van der Waals surface area contributed by atoms with Crippen molar-refractivity contribution in [1.29, 1.82) is 0 Å². The molecule has 190 valence electrons. The molecular weight excluding hydrogens is 474 g/mol. The molecule has 2 aromatic rings. The van der Waals surface area contributed by atoms with Crippen molar-refractivity contribution in [2.45, 2.75) is 52.0 Å². The molecule has 1 unspecified atom stereocenters. The van der Waals surface area contributed by atoms with Crippen molar-refractivity contribution in [3.63, 3.8) is 0 Å². The normalized spacial score (nSPS) is 20.3. The van der Waals surface area contributed by atoms with Crippen LogP contribution in [-0.2, 0) is 9.59 Å². The number of hydrogen-bond acceptors (Lipinski definition) is 6. The molecule has 1 atom stereocenters. The average Bonchev–Trinajstić information content (AvgIpc) is 2.84. The van der Waals surface area contributed by atoms with E-state index < -0.39 is 11.8 Å². The first kappa shape index (κ1) is 25.7. The minimum atomic E-state index is -0.531. The summed E-state index contributed by atoms with van der Waals surface area (Å²) in [5.41, 5.74) is 3.55. The zero-order valence-electron chi connectivity index (χ0n) is 21.7. The molecule has 2 aliphatic heterocycles.